The first-order valence-electron chi connectivity index (χ1n) is 9.17. The van der Waals surface area contributed by atoms with Gasteiger partial charge in [-0.25, -0.2) is 4.79 Å². The first-order chi connectivity index (χ1) is 14.0. The van der Waals surface area contributed by atoms with Crippen LogP contribution in [0.5, 0.6) is 0 Å². The number of hydrogen-bond acceptors (Lipinski definition) is 6. The van der Waals surface area contributed by atoms with Gasteiger partial charge in [-0.3, -0.25) is 9.59 Å². The SMILES string of the molecule is CC(OC(=O)Cn1nc(-c2ccccc2)oc1=O)C(=O)NCCc1ccccc1. The van der Waals surface area contributed by atoms with Crippen molar-refractivity contribution in [1.29, 1.82) is 0 Å². The van der Waals surface area contributed by atoms with Crippen molar-refractivity contribution in [1.82, 2.24) is 15.1 Å². The Bertz CT molecular complexity index is 1010. The summed E-state index contributed by atoms with van der Waals surface area (Å²) < 4.78 is 11.0. The monoisotopic (exact) mass is 395 g/mol. The number of carbonyl (C=O) groups is 2. The van der Waals surface area contributed by atoms with Crippen LogP contribution in [0, 0.1) is 0 Å². The maximum absolute atomic E-state index is 12.1. The first-order valence-corrected chi connectivity index (χ1v) is 9.17. The molecule has 0 aliphatic heterocycles. The van der Waals surface area contributed by atoms with Gasteiger partial charge in [-0.05, 0) is 31.0 Å². The topological polar surface area (TPSA) is 103 Å². The van der Waals surface area contributed by atoms with Gasteiger partial charge in [0.05, 0.1) is 0 Å². The molecule has 0 aliphatic carbocycles. The molecule has 0 bridgehead atoms. The second-order valence-electron chi connectivity index (χ2n) is 6.36. The summed E-state index contributed by atoms with van der Waals surface area (Å²) in [5, 5.41) is 6.71. The van der Waals surface area contributed by atoms with Gasteiger partial charge in [0.25, 0.3) is 5.91 Å². The summed E-state index contributed by atoms with van der Waals surface area (Å²) in [5.74, 6) is -1.84. The van der Waals surface area contributed by atoms with E-state index in [0.29, 0.717) is 18.5 Å². The summed E-state index contributed by atoms with van der Waals surface area (Å²) in [6.07, 6.45) is -0.321. The molecule has 3 aromatic rings. The Morgan fingerprint density at radius 2 is 1.76 bits per heavy atom. The van der Waals surface area contributed by atoms with Gasteiger partial charge in [0.15, 0.2) is 6.10 Å². The highest BCUT2D eigenvalue weighted by Gasteiger charge is 2.20. The van der Waals surface area contributed by atoms with Crippen LogP contribution in [-0.2, 0) is 27.3 Å². The molecular weight excluding hydrogens is 374 g/mol. The number of amides is 1. The number of hydrogen-bond donors (Lipinski definition) is 1. The number of ether oxygens (including phenoxy) is 1. The fourth-order valence-electron chi connectivity index (χ4n) is 2.63. The minimum absolute atomic E-state index is 0.107. The van der Waals surface area contributed by atoms with Crippen molar-refractivity contribution in [3.05, 3.63) is 76.8 Å². The fourth-order valence-corrected chi connectivity index (χ4v) is 2.63. The third-order valence-corrected chi connectivity index (χ3v) is 4.14. The maximum atomic E-state index is 12.1. The lowest BCUT2D eigenvalue weighted by Gasteiger charge is -2.13. The molecule has 150 valence electrons. The molecule has 0 aliphatic rings. The van der Waals surface area contributed by atoms with Crippen molar-refractivity contribution < 1.29 is 18.7 Å². The molecule has 1 unspecified atom stereocenters. The van der Waals surface area contributed by atoms with Crippen molar-refractivity contribution in [2.24, 2.45) is 0 Å². The highest BCUT2D eigenvalue weighted by molar-refractivity contribution is 5.83. The molecule has 2 aromatic carbocycles. The highest BCUT2D eigenvalue weighted by atomic mass is 16.5. The van der Waals surface area contributed by atoms with Crippen LogP contribution in [0.15, 0.2) is 69.9 Å². The Kier molecular flexibility index (Phi) is 6.57. The van der Waals surface area contributed by atoms with Gasteiger partial charge in [-0.2, -0.15) is 4.68 Å². The molecule has 1 N–H and O–H groups in total. The summed E-state index contributed by atoms with van der Waals surface area (Å²) in [4.78, 5) is 36.1. The Morgan fingerprint density at radius 1 is 1.10 bits per heavy atom. The fraction of sp³-hybridized carbons (Fsp3) is 0.238. The smallest absolute Gasteiger partial charge is 0.437 e. The van der Waals surface area contributed by atoms with E-state index < -0.39 is 30.3 Å². The molecule has 8 nitrogen and oxygen atoms in total. The average Bonchev–Trinajstić information content (AvgIpc) is 3.09. The van der Waals surface area contributed by atoms with E-state index in [4.69, 9.17) is 9.15 Å². The largest absolute Gasteiger partial charge is 0.451 e. The number of aromatic nitrogens is 2. The predicted molar refractivity (Wildman–Crippen MR) is 105 cm³/mol. The molecule has 0 spiro atoms. The lowest BCUT2D eigenvalue weighted by molar-refractivity contribution is -0.155. The summed E-state index contributed by atoms with van der Waals surface area (Å²) in [6.45, 7) is 1.45. The van der Waals surface area contributed by atoms with Crippen molar-refractivity contribution in [3.8, 4) is 11.5 Å². The second kappa shape index (κ2) is 9.50. The van der Waals surface area contributed by atoms with Gasteiger partial charge in [0, 0.05) is 12.1 Å². The van der Waals surface area contributed by atoms with E-state index in [1.54, 1.807) is 24.3 Å². The first kappa shape index (κ1) is 20.1. The molecular formula is C21H21N3O5. The Hall–Kier alpha value is -3.68. The van der Waals surface area contributed by atoms with E-state index in [-0.39, 0.29) is 5.89 Å². The minimum Gasteiger partial charge on any atom is -0.451 e. The zero-order chi connectivity index (χ0) is 20.6. The van der Waals surface area contributed by atoms with Crippen molar-refractivity contribution in [2.75, 3.05) is 6.54 Å². The lowest BCUT2D eigenvalue weighted by Crippen LogP contribution is -2.38. The Balaban J connectivity index is 1.49. The molecule has 0 saturated carbocycles. The van der Waals surface area contributed by atoms with Crippen molar-refractivity contribution >= 4 is 11.9 Å². The van der Waals surface area contributed by atoms with Crippen LogP contribution in [0.2, 0.25) is 0 Å². The molecule has 1 aromatic heterocycles. The van der Waals surface area contributed by atoms with Crippen LogP contribution in [0.4, 0.5) is 0 Å². The standard InChI is InChI=1S/C21H21N3O5/c1-15(19(26)22-13-12-16-8-4-2-5-9-16)28-18(25)14-24-21(27)29-20(23-24)17-10-6-3-7-11-17/h2-11,15H,12-14H2,1H3,(H,22,26). The molecule has 0 fully saturated rings. The van der Waals surface area contributed by atoms with Gasteiger partial charge in [0.2, 0.25) is 5.89 Å². The molecule has 29 heavy (non-hydrogen) atoms. The van der Waals surface area contributed by atoms with E-state index in [1.807, 2.05) is 36.4 Å². The molecule has 0 saturated heterocycles. The van der Waals surface area contributed by atoms with Gasteiger partial charge >= 0.3 is 11.7 Å². The third-order valence-electron chi connectivity index (χ3n) is 4.14. The van der Waals surface area contributed by atoms with E-state index in [0.717, 1.165) is 10.2 Å². The normalized spacial score (nSPS) is 11.6. The summed E-state index contributed by atoms with van der Waals surface area (Å²) in [6, 6.07) is 18.6. The van der Waals surface area contributed by atoms with Crippen LogP contribution in [0.25, 0.3) is 11.5 Å². The van der Waals surface area contributed by atoms with Gasteiger partial charge in [-0.15, -0.1) is 5.10 Å². The van der Waals surface area contributed by atoms with Gasteiger partial charge in [0.1, 0.15) is 6.54 Å². The molecule has 3 rings (SSSR count). The van der Waals surface area contributed by atoms with Gasteiger partial charge < -0.3 is 14.5 Å². The van der Waals surface area contributed by atoms with E-state index in [1.165, 1.54) is 6.92 Å². The zero-order valence-corrected chi connectivity index (χ0v) is 15.9. The van der Waals surface area contributed by atoms with Crippen molar-refractivity contribution in [3.63, 3.8) is 0 Å². The summed E-state index contributed by atoms with van der Waals surface area (Å²) in [7, 11) is 0. The molecule has 8 heteroatoms. The number of nitrogens with one attached hydrogen (secondary N) is 1. The van der Waals surface area contributed by atoms with Crippen LogP contribution in [0.3, 0.4) is 0 Å². The number of carbonyl (C=O) groups excluding carboxylic acids is 2. The number of rotatable bonds is 8. The van der Waals surface area contributed by atoms with E-state index >= 15 is 0 Å². The zero-order valence-electron chi connectivity index (χ0n) is 15.9. The Morgan fingerprint density at radius 3 is 2.45 bits per heavy atom. The van der Waals surface area contributed by atoms with Crippen LogP contribution in [0.1, 0.15) is 12.5 Å². The maximum Gasteiger partial charge on any atom is 0.437 e. The number of nitrogens with zero attached hydrogens (tertiary/aromatic N) is 2. The molecule has 1 atom stereocenters. The molecule has 1 amide bonds. The summed E-state index contributed by atoms with van der Waals surface area (Å²) in [5.41, 5.74) is 1.71. The van der Waals surface area contributed by atoms with Crippen LogP contribution >= 0.6 is 0 Å². The third kappa shape index (κ3) is 5.65. The summed E-state index contributed by atoms with van der Waals surface area (Å²) >= 11 is 0. The lowest BCUT2D eigenvalue weighted by atomic mass is 10.1. The number of esters is 1. The molecule has 1 heterocycles. The predicted octanol–water partition coefficient (Wildman–Crippen LogP) is 1.79. The van der Waals surface area contributed by atoms with E-state index in [2.05, 4.69) is 10.4 Å². The molecule has 0 radical (unpaired) electrons. The second-order valence-corrected chi connectivity index (χ2v) is 6.36. The van der Waals surface area contributed by atoms with Crippen LogP contribution < -0.4 is 11.1 Å². The quantitative estimate of drug-likeness (QED) is 0.583. The van der Waals surface area contributed by atoms with E-state index in [9.17, 15) is 14.4 Å². The van der Waals surface area contributed by atoms with Gasteiger partial charge in [-0.1, -0.05) is 48.5 Å². The number of benzene rings is 2. The highest BCUT2D eigenvalue weighted by Crippen LogP contribution is 2.13. The van der Waals surface area contributed by atoms with Crippen molar-refractivity contribution in [2.45, 2.75) is 26.0 Å². The van der Waals surface area contributed by atoms with Crippen LogP contribution in [-0.4, -0.2) is 34.3 Å². The Labute approximate surface area is 167 Å². The minimum atomic E-state index is -0.991. The average molecular weight is 395 g/mol.